The molecule has 6 heteroatoms. The number of anilines is 1. The molecule has 1 aromatic carbocycles. The monoisotopic (exact) mass is 245 g/mol. The zero-order valence-electron chi connectivity index (χ0n) is 9.50. The molecule has 0 radical (unpaired) electrons. The first-order valence-electron chi connectivity index (χ1n) is 4.97. The highest BCUT2D eigenvalue weighted by Crippen LogP contribution is 2.28. The van der Waals surface area contributed by atoms with Crippen LogP contribution in [-0.4, -0.2) is 19.2 Å². The van der Waals surface area contributed by atoms with Gasteiger partial charge in [-0.3, -0.25) is 0 Å². The number of nitrogens with two attached hydrogens (primary N) is 1. The van der Waals surface area contributed by atoms with Crippen molar-refractivity contribution in [1.29, 1.82) is 0 Å². The standard InChI is InChI=1S/C11H13F2NO3/c1-3-16-10(15)9-6(2)4-7(14)5-8(9)17-11(12)13/h4-5,11H,3,14H2,1-2H3. The summed E-state index contributed by atoms with van der Waals surface area (Å²) in [6.07, 6.45) is 0. The Labute approximate surface area is 97.3 Å². The minimum atomic E-state index is -3.02. The molecule has 17 heavy (non-hydrogen) atoms. The Kier molecular flexibility index (Phi) is 4.25. The van der Waals surface area contributed by atoms with Crippen LogP contribution in [0.2, 0.25) is 0 Å². The number of carbonyl (C=O) groups is 1. The van der Waals surface area contributed by atoms with Crippen LogP contribution >= 0.6 is 0 Å². The summed E-state index contributed by atoms with van der Waals surface area (Å²) in [6.45, 7) is 0.319. The number of esters is 1. The molecule has 0 amide bonds. The van der Waals surface area contributed by atoms with Crippen LogP contribution in [-0.2, 0) is 4.74 Å². The molecule has 0 aliphatic carbocycles. The number of benzene rings is 1. The third-order valence-corrected chi connectivity index (χ3v) is 2.02. The number of hydrogen-bond acceptors (Lipinski definition) is 4. The minimum Gasteiger partial charge on any atom is -0.462 e. The molecule has 0 heterocycles. The van der Waals surface area contributed by atoms with Gasteiger partial charge in [0.05, 0.1) is 6.61 Å². The van der Waals surface area contributed by atoms with E-state index in [1.807, 2.05) is 0 Å². The average Bonchev–Trinajstić information content (AvgIpc) is 2.15. The summed E-state index contributed by atoms with van der Waals surface area (Å²) in [4.78, 5) is 11.6. The summed E-state index contributed by atoms with van der Waals surface area (Å²) < 4.78 is 33.4. The van der Waals surface area contributed by atoms with Gasteiger partial charge in [-0.1, -0.05) is 0 Å². The van der Waals surface area contributed by atoms with Gasteiger partial charge < -0.3 is 15.2 Å². The Bertz CT molecular complexity index is 421. The molecular weight excluding hydrogens is 232 g/mol. The maximum absolute atomic E-state index is 12.2. The van der Waals surface area contributed by atoms with E-state index >= 15 is 0 Å². The second-order valence-electron chi connectivity index (χ2n) is 3.31. The highest BCUT2D eigenvalue weighted by molar-refractivity contribution is 5.94. The van der Waals surface area contributed by atoms with E-state index in [1.54, 1.807) is 13.8 Å². The fourth-order valence-corrected chi connectivity index (χ4v) is 1.44. The topological polar surface area (TPSA) is 61.5 Å². The maximum atomic E-state index is 12.2. The van der Waals surface area contributed by atoms with E-state index in [-0.39, 0.29) is 23.6 Å². The quantitative estimate of drug-likeness (QED) is 0.653. The predicted octanol–water partition coefficient (Wildman–Crippen LogP) is 2.36. The first-order chi connectivity index (χ1) is 7.95. The third-order valence-electron chi connectivity index (χ3n) is 2.02. The number of hydrogen-bond donors (Lipinski definition) is 1. The molecule has 0 aliphatic heterocycles. The van der Waals surface area contributed by atoms with Crippen molar-refractivity contribution >= 4 is 11.7 Å². The van der Waals surface area contributed by atoms with Crippen molar-refractivity contribution < 1.29 is 23.0 Å². The lowest BCUT2D eigenvalue weighted by atomic mass is 10.1. The van der Waals surface area contributed by atoms with Gasteiger partial charge in [0.2, 0.25) is 0 Å². The Hall–Kier alpha value is -1.85. The molecular formula is C11H13F2NO3. The number of carbonyl (C=O) groups excluding carboxylic acids is 1. The van der Waals surface area contributed by atoms with Gasteiger partial charge in [0.1, 0.15) is 11.3 Å². The fourth-order valence-electron chi connectivity index (χ4n) is 1.44. The summed E-state index contributed by atoms with van der Waals surface area (Å²) >= 11 is 0. The fraction of sp³-hybridized carbons (Fsp3) is 0.364. The van der Waals surface area contributed by atoms with Crippen LogP contribution in [0.5, 0.6) is 5.75 Å². The maximum Gasteiger partial charge on any atom is 0.387 e. The van der Waals surface area contributed by atoms with Crippen LogP contribution in [0.4, 0.5) is 14.5 Å². The molecule has 0 saturated heterocycles. The van der Waals surface area contributed by atoms with E-state index in [0.29, 0.717) is 5.56 Å². The van der Waals surface area contributed by atoms with E-state index in [9.17, 15) is 13.6 Å². The molecule has 2 N–H and O–H groups in total. The van der Waals surface area contributed by atoms with Gasteiger partial charge in [-0.25, -0.2) is 4.79 Å². The summed E-state index contributed by atoms with van der Waals surface area (Å²) in [5.74, 6) is -0.975. The molecule has 1 aromatic rings. The number of aryl methyl sites for hydroxylation is 1. The molecule has 1 rings (SSSR count). The number of halogens is 2. The van der Waals surface area contributed by atoms with Crippen molar-refractivity contribution in [3.63, 3.8) is 0 Å². The minimum absolute atomic E-state index is 0.0265. The van der Waals surface area contributed by atoms with E-state index in [1.165, 1.54) is 12.1 Å². The average molecular weight is 245 g/mol. The number of ether oxygens (including phenoxy) is 2. The van der Waals surface area contributed by atoms with E-state index in [2.05, 4.69) is 4.74 Å². The predicted molar refractivity (Wildman–Crippen MR) is 58.2 cm³/mol. The molecule has 0 bridgehead atoms. The molecule has 0 fully saturated rings. The molecule has 0 atom stereocenters. The molecule has 0 spiro atoms. The highest BCUT2D eigenvalue weighted by atomic mass is 19.3. The van der Waals surface area contributed by atoms with Gasteiger partial charge in [-0.05, 0) is 25.5 Å². The van der Waals surface area contributed by atoms with Crippen molar-refractivity contribution in [1.82, 2.24) is 0 Å². The third kappa shape index (κ3) is 3.30. The Balaban J connectivity index is 3.20. The van der Waals surface area contributed by atoms with Crippen molar-refractivity contribution in [3.8, 4) is 5.75 Å². The lowest BCUT2D eigenvalue weighted by Crippen LogP contribution is -2.12. The van der Waals surface area contributed by atoms with Crippen LogP contribution in [0, 0.1) is 6.92 Å². The van der Waals surface area contributed by atoms with E-state index < -0.39 is 12.6 Å². The molecule has 4 nitrogen and oxygen atoms in total. The molecule has 0 aromatic heterocycles. The first kappa shape index (κ1) is 13.2. The van der Waals surface area contributed by atoms with Gasteiger partial charge in [-0.15, -0.1) is 0 Å². The summed E-state index contributed by atoms with van der Waals surface area (Å²) in [5.41, 5.74) is 6.15. The summed E-state index contributed by atoms with van der Waals surface area (Å²) in [6, 6.07) is 2.66. The Morgan fingerprint density at radius 3 is 2.65 bits per heavy atom. The summed E-state index contributed by atoms with van der Waals surface area (Å²) in [5, 5.41) is 0. The van der Waals surface area contributed by atoms with Gasteiger partial charge >= 0.3 is 12.6 Å². The first-order valence-corrected chi connectivity index (χ1v) is 4.97. The number of alkyl halides is 2. The summed E-state index contributed by atoms with van der Waals surface area (Å²) in [7, 11) is 0. The van der Waals surface area contributed by atoms with Crippen LogP contribution in [0.25, 0.3) is 0 Å². The second-order valence-corrected chi connectivity index (χ2v) is 3.31. The number of nitrogen functional groups attached to an aromatic ring is 1. The Morgan fingerprint density at radius 1 is 1.47 bits per heavy atom. The lowest BCUT2D eigenvalue weighted by Gasteiger charge is -2.13. The smallest absolute Gasteiger partial charge is 0.387 e. The van der Waals surface area contributed by atoms with E-state index in [4.69, 9.17) is 10.5 Å². The van der Waals surface area contributed by atoms with Crippen LogP contribution in [0.15, 0.2) is 12.1 Å². The van der Waals surface area contributed by atoms with Gasteiger partial charge in [0.25, 0.3) is 0 Å². The normalized spacial score (nSPS) is 10.4. The molecule has 0 aliphatic rings. The Morgan fingerprint density at radius 2 is 2.12 bits per heavy atom. The van der Waals surface area contributed by atoms with Gasteiger partial charge in [0, 0.05) is 11.8 Å². The van der Waals surface area contributed by atoms with Gasteiger partial charge in [-0.2, -0.15) is 8.78 Å². The molecule has 94 valence electrons. The van der Waals surface area contributed by atoms with Crippen molar-refractivity contribution in [2.24, 2.45) is 0 Å². The van der Waals surface area contributed by atoms with Crippen LogP contribution in [0.3, 0.4) is 0 Å². The zero-order chi connectivity index (χ0) is 13.0. The van der Waals surface area contributed by atoms with Gasteiger partial charge in [0.15, 0.2) is 0 Å². The second kappa shape index (κ2) is 5.47. The largest absolute Gasteiger partial charge is 0.462 e. The van der Waals surface area contributed by atoms with Crippen LogP contribution < -0.4 is 10.5 Å². The SMILES string of the molecule is CCOC(=O)c1c(C)cc(N)cc1OC(F)F. The van der Waals surface area contributed by atoms with Crippen molar-refractivity contribution in [2.75, 3.05) is 12.3 Å². The lowest BCUT2D eigenvalue weighted by molar-refractivity contribution is -0.0504. The van der Waals surface area contributed by atoms with Crippen molar-refractivity contribution in [3.05, 3.63) is 23.3 Å². The van der Waals surface area contributed by atoms with E-state index in [0.717, 1.165) is 0 Å². The van der Waals surface area contributed by atoms with Crippen LogP contribution in [0.1, 0.15) is 22.8 Å². The molecule has 0 saturated carbocycles. The molecule has 0 unspecified atom stereocenters. The zero-order valence-corrected chi connectivity index (χ0v) is 9.50. The number of rotatable bonds is 4. The highest BCUT2D eigenvalue weighted by Gasteiger charge is 2.20. The van der Waals surface area contributed by atoms with Crippen molar-refractivity contribution in [2.45, 2.75) is 20.5 Å².